The van der Waals surface area contributed by atoms with E-state index >= 15 is 0 Å². The quantitative estimate of drug-likeness (QED) is 0.575. The van der Waals surface area contributed by atoms with E-state index in [4.69, 9.17) is 0 Å². The zero-order valence-electron chi connectivity index (χ0n) is 18.6. The summed E-state index contributed by atoms with van der Waals surface area (Å²) in [5.41, 5.74) is 0.816. The van der Waals surface area contributed by atoms with Crippen LogP contribution in [0, 0.1) is 11.7 Å². The molecule has 0 aliphatic heterocycles. The monoisotopic (exact) mass is 441 g/mol. The number of amides is 1. The minimum absolute atomic E-state index is 0.00218. The number of rotatable bonds is 10. The van der Waals surface area contributed by atoms with Crippen molar-refractivity contribution in [1.29, 1.82) is 0 Å². The number of unbranched alkanes of at least 4 members (excludes halogenated alkanes) is 1. The van der Waals surface area contributed by atoms with Crippen LogP contribution in [0.4, 0.5) is 10.1 Å². The van der Waals surface area contributed by atoms with Crippen LogP contribution in [-0.4, -0.2) is 50.7 Å². The van der Waals surface area contributed by atoms with Gasteiger partial charge < -0.3 is 10.2 Å². The molecule has 0 atom stereocenters. The van der Waals surface area contributed by atoms with E-state index in [1.54, 1.807) is 37.9 Å². The Kier molecular flexibility index (Phi) is 9.09. The Bertz CT molecular complexity index is 806. The Morgan fingerprint density at radius 1 is 1.23 bits per heavy atom. The van der Waals surface area contributed by atoms with E-state index < -0.39 is 21.1 Å². The average molecular weight is 442 g/mol. The number of halogens is 1. The van der Waals surface area contributed by atoms with Crippen LogP contribution in [0.2, 0.25) is 0 Å². The summed E-state index contributed by atoms with van der Waals surface area (Å²) in [4.78, 5) is 14.1. The van der Waals surface area contributed by atoms with Crippen molar-refractivity contribution in [2.75, 3.05) is 25.5 Å². The molecule has 1 fully saturated rings. The van der Waals surface area contributed by atoms with Gasteiger partial charge in [-0.2, -0.15) is 0 Å². The summed E-state index contributed by atoms with van der Waals surface area (Å²) in [7, 11) is -1.54. The molecule has 30 heavy (non-hydrogen) atoms. The molecule has 0 saturated heterocycles. The second-order valence-corrected chi connectivity index (χ2v) is 10.9. The van der Waals surface area contributed by atoms with Gasteiger partial charge in [-0.05, 0) is 70.1 Å². The van der Waals surface area contributed by atoms with E-state index in [9.17, 15) is 17.6 Å². The van der Waals surface area contributed by atoms with E-state index in [0.29, 0.717) is 19.0 Å². The SMILES string of the molecule is CCCCN(C)C(=O)c1cc(NC[C@H]2CC[C@H](NS(=O)(=O)C(C)C)CC2)ccc1F. The van der Waals surface area contributed by atoms with Crippen molar-refractivity contribution >= 4 is 21.6 Å². The van der Waals surface area contributed by atoms with Gasteiger partial charge in [0, 0.05) is 31.9 Å². The zero-order chi connectivity index (χ0) is 22.3. The van der Waals surface area contributed by atoms with Gasteiger partial charge in [-0.3, -0.25) is 4.79 Å². The van der Waals surface area contributed by atoms with Crippen molar-refractivity contribution in [2.45, 2.75) is 70.6 Å². The first-order valence-corrected chi connectivity index (χ1v) is 12.5. The summed E-state index contributed by atoms with van der Waals surface area (Å²) in [5, 5.41) is 2.90. The molecule has 0 bridgehead atoms. The summed E-state index contributed by atoms with van der Waals surface area (Å²) < 4.78 is 41.1. The van der Waals surface area contributed by atoms with Gasteiger partial charge in [0.2, 0.25) is 10.0 Å². The van der Waals surface area contributed by atoms with Crippen LogP contribution in [-0.2, 0) is 10.0 Å². The molecule has 1 amide bonds. The number of benzene rings is 1. The summed E-state index contributed by atoms with van der Waals surface area (Å²) in [6.07, 6.45) is 5.33. The highest BCUT2D eigenvalue weighted by atomic mass is 32.2. The van der Waals surface area contributed by atoms with Crippen LogP contribution in [0.25, 0.3) is 0 Å². The van der Waals surface area contributed by atoms with Gasteiger partial charge in [0.05, 0.1) is 10.8 Å². The van der Waals surface area contributed by atoms with Crippen LogP contribution in [0.5, 0.6) is 0 Å². The Morgan fingerprint density at radius 2 is 1.90 bits per heavy atom. The lowest BCUT2D eigenvalue weighted by Crippen LogP contribution is -2.41. The highest BCUT2D eigenvalue weighted by Gasteiger charge is 2.26. The Balaban J connectivity index is 1.88. The largest absolute Gasteiger partial charge is 0.385 e. The standard InChI is InChI=1S/C22H36FN3O3S/c1-5-6-13-26(4)22(27)20-14-19(11-12-21(20)23)24-15-17-7-9-18(10-8-17)25-30(28,29)16(2)3/h11-12,14,16-18,24-25H,5-10,13,15H2,1-4H3/t17-,18-. The van der Waals surface area contributed by atoms with Crippen molar-refractivity contribution < 1.29 is 17.6 Å². The highest BCUT2D eigenvalue weighted by molar-refractivity contribution is 7.90. The van der Waals surface area contributed by atoms with Gasteiger partial charge in [0.25, 0.3) is 5.91 Å². The summed E-state index contributed by atoms with van der Waals surface area (Å²) >= 11 is 0. The number of anilines is 1. The fraction of sp³-hybridized carbons (Fsp3) is 0.682. The molecule has 2 rings (SSSR count). The number of hydrogen-bond donors (Lipinski definition) is 2. The summed E-state index contributed by atoms with van der Waals surface area (Å²) in [6, 6.07) is 4.58. The third-order valence-electron chi connectivity index (χ3n) is 5.78. The van der Waals surface area contributed by atoms with Gasteiger partial charge in [-0.15, -0.1) is 0 Å². The molecule has 2 N–H and O–H groups in total. The normalized spacial score (nSPS) is 19.7. The van der Waals surface area contributed by atoms with Crippen molar-refractivity contribution in [3.63, 3.8) is 0 Å². The zero-order valence-corrected chi connectivity index (χ0v) is 19.4. The fourth-order valence-corrected chi connectivity index (χ4v) is 4.59. The Hall–Kier alpha value is -1.67. The summed E-state index contributed by atoms with van der Waals surface area (Å²) in [5.74, 6) is -0.393. The van der Waals surface area contributed by atoms with Crippen LogP contribution in [0.1, 0.15) is 69.7 Å². The number of nitrogens with zero attached hydrogens (tertiary/aromatic N) is 1. The van der Waals surface area contributed by atoms with E-state index in [1.807, 2.05) is 0 Å². The van der Waals surface area contributed by atoms with E-state index in [1.165, 1.54) is 6.07 Å². The number of hydrogen-bond acceptors (Lipinski definition) is 4. The molecule has 0 heterocycles. The van der Waals surface area contributed by atoms with E-state index in [2.05, 4.69) is 17.0 Å². The lowest BCUT2D eigenvalue weighted by molar-refractivity contribution is 0.0788. The molecule has 0 unspecified atom stereocenters. The molecule has 1 aliphatic carbocycles. The highest BCUT2D eigenvalue weighted by Crippen LogP contribution is 2.26. The lowest BCUT2D eigenvalue weighted by Gasteiger charge is -2.29. The molecular weight excluding hydrogens is 405 g/mol. The molecule has 1 saturated carbocycles. The number of carbonyl (C=O) groups is 1. The van der Waals surface area contributed by atoms with Crippen LogP contribution < -0.4 is 10.0 Å². The Labute approximate surface area is 180 Å². The minimum atomic E-state index is -3.24. The first-order valence-electron chi connectivity index (χ1n) is 10.9. The van der Waals surface area contributed by atoms with Crippen molar-refractivity contribution in [3.05, 3.63) is 29.6 Å². The molecule has 1 aliphatic rings. The average Bonchev–Trinajstić information content (AvgIpc) is 2.71. The van der Waals surface area contributed by atoms with Crippen molar-refractivity contribution in [2.24, 2.45) is 5.92 Å². The van der Waals surface area contributed by atoms with Gasteiger partial charge >= 0.3 is 0 Å². The second kappa shape index (κ2) is 11.1. The van der Waals surface area contributed by atoms with Crippen LogP contribution in [0.15, 0.2) is 18.2 Å². The second-order valence-electron chi connectivity index (χ2n) is 8.59. The maximum Gasteiger partial charge on any atom is 0.256 e. The number of sulfonamides is 1. The molecule has 6 nitrogen and oxygen atoms in total. The molecule has 0 aromatic heterocycles. The number of carbonyl (C=O) groups excluding carboxylic acids is 1. The maximum absolute atomic E-state index is 14.2. The maximum atomic E-state index is 14.2. The van der Waals surface area contributed by atoms with Gasteiger partial charge in [0.15, 0.2) is 0 Å². The van der Waals surface area contributed by atoms with Crippen LogP contribution >= 0.6 is 0 Å². The van der Waals surface area contributed by atoms with Crippen molar-refractivity contribution in [3.8, 4) is 0 Å². The molecule has 1 aromatic rings. The van der Waals surface area contributed by atoms with Crippen molar-refractivity contribution in [1.82, 2.24) is 9.62 Å². The minimum Gasteiger partial charge on any atom is -0.385 e. The first-order chi connectivity index (χ1) is 14.1. The van der Waals surface area contributed by atoms with E-state index in [-0.39, 0.29) is 17.5 Å². The third-order valence-corrected chi connectivity index (χ3v) is 7.69. The predicted octanol–water partition coefficient (Wildman–Crippen LogP) is 4.00. The molecule has 0 radical (unpaired) electrons. The molecule has 170 valence electrons. The predicted molar refractivity (Wildman–Crippen MR) is 120 cm³/mol. The summed E-state index contributed by atoms with van der Waals surface area (Å²) in [6.45, 7) is 6.74. The smallest absolute Gasteiger partial charge is 0.256 e. The van der Waals surface area contributed by atoms with E-state index in [0.717, 1.165) is 44.2 Å². The first kappa shape index (κ1) is 24.6. The molecule has 8 heteroatoms. The van der Waals surface area contributed by atoms with Crippen LogP contribution in [0.3, 0.4) is 0 Å². The fourth-order valence-electron chi connectivity index (χ4n) is 3.62. The van der Waals surface area contributed by atoms with Gasteiger partial charge in [-0.25, -0.2) is 17.5 Å². The molecule has 0 spiro atoms. The molecular formula is C22H36FN3O3S. The number of nitrogens with one attached hydrogen (secondary N) is 2. The van der Waals surface area contributed by atoms with Gasteiger partial charge in [-0.1, -0.05) is 13.3 Å². The third kappa shape index (κ3) is 6.94. The Morgan fingerprint density at radius 3 is 2.50 bits per heavy atom. The van der Waals surface area contributed by atoms with Gasteiger partial charge in [0.1, 0.15) is 5.82 Å². The molecule has 1 aromatic carbocycles. The topological polar surface area (TPSA) is 78.5 Å². The lowest BCUT2D eigenvalue weighted by atomic mass is 9.86.